The molecule has 0 amide bonds. The van der Waals surface area contributed by atoms with Gasteiger partial charge in [0.2, 0.25) is 0 Å². The topological polar surface area (TPSA) is 18.5 Å². The molecule has 0 spiro atoms. The van der Waals surface area contributed by atoms with Gasteiger partial charge in [-0.3, -0.25) is 0 Å². The summed E-state index contributed by atoms with van der Waals surface area (Å²) in [5.74, 6) is 0.657. The molecule has 0 aromatic carbocycles. The third kappa shape index (κ3) is 5.53. The number of hydrogen-bond donors (Lipinski definition) is 0. The summed E-state index contributed by atoms with van der Waals surface area (Å²) in [4.78, 5) is 0. The Morgan fingerprint density at radius 1 is 1.27 bits per heavy atom. The fraction of sp³-hybridized carbons (Fsp3) is 0.923. The lowest BCUT2D eigenvalue weighted by atomic mass is 9.99. The maximum absolute atomic E-state index is 5.68. The van der Waals surface area contributed by atoms with E-state index in [1.807, 2.05) is 0 Å². The largest absolute Gasteiger partial charge is 0.353 e. The summed E-state index contributed by atoms with van der Waals surface area (Å²) in [6.45, 7) is 7.83. The van der Waals surface area contributed by atoms with Crippen LogP contribution < -0.4 is 0 Å². The van der Waals surface area contributed by atoms with Crippen LogP contribution in [0.25, 0.3) is 0 Å². The number of hydrogen-bond acceptors (Lipinski definition) is 2. The second-order valence-electron chi connectivity index (χ2n) is 4.43. The fourth-order valence-electron chi connectivity index (χ4n) is 1.88. The molecule has 1 heterocycles. The summed E-state index contributed by atoms with van der Waals surface area (Å²) in [5.41, 5.74) is 0. The van der Waals surface area contributed by atoms with Gasteiger partial charge in [0, 0.05) is 6.61 Å². The van der Waals surface area contributed by atoms with Crippen molar-refractivity contribution in [1.29, 1.82) is 0 Å². The SMILES string of the molecule is [CH2]CC1CCC(OCCCCCC)OC1. The van der Waals surface area contributed by atoms with Crippen LogP contribution in [-0.2, 0) is 9.47 Å². The van der Waals surface area contributed by atoms with E-state index in [1.54, 1.807) is 0 Å². The zero-order valence-corrected chi connectivity index (χ0v) is 10.0. The Morgan fingerprint density at radius 3 is 2.73 bits per heavy atom. The van der Waals surface area contributed by atoms with Crippen LogP contribution in [0, 0.1) is 12.8 Å². The van der Waals surface area contributed by atoms with Gasteiger partial charge in [-0.15, -0.1) is 0 Å². The van der Waals surface area contributed by atoms with E-state index in [1.165, 1.54) is 32.1 Å². The standard InChI is InChI=1S/C13H25O2/c1-3-5-6-7-10-14-13-9-8-12(4-2)11-15-13/h12-13H,2-11H2,1H3. The smallest absolute Gasteiger partial charge is 0.157 e. The van der Waals surface area contributed by atoms with Crippen molar-refractivity contribution in [2.45, 2.75) is 58.2 Å². The zero-order chi connectivity index (χ0) is 10.9. The molecule has 1 aliphatic heterocycles. The molecule has 0 aromatic rings. The van der Waals surface area contributed by atoms with Crippen LogP contribution in [0.3, 0.4) is 0 Å². The molecule has 1 fully saturated rings. The molecule has 0 saturated carbocycles. The third-order valence-electron chi connectivity index (χ3n) is 3.04. The lowest BCUT2D eigenvalue weighted by Gasteiger charge is -2.28. The number of ether oxygens (including phenoxy) is 2. The second-order valence-corrected chi connectivity index (χ2v) is 4.43. The van der Waals surface area contributed by atoms with Crippen LogP contribution in [0.1, 0.15) is 51.9 Å². The zero-order valence-electron chi connectivity index (χ0n) is 10.0. The van der Waals surface area contributed by atoms with Gasteiger partial charge in [0.1, 0.15) is 0 Å². The molecule has 2 nitrogen and oxygen atoms in total. The van der Waals surface area contributed by atoms with Gasteiger partial charge in [-0.1, -0.05) is 33.1 Å². The summed E-state index contributed by atoms with van der Waals surface area (Å²) in [7, 11) is 0. The van der Waals surface area contributed by atoms with Crippen molar-refractivity contribution in [1.82, 2.24) is 0 Å². The van der Waals surface area contributed by atoms with Crippen LogP contribution >= 0.6 is 0 Å². The Balaban J connectivity index is 1.94. The van der Waals surface area contributed by atoms with Gasteiger partial charge in [0.15, 0.2) is 6.29 Å². The Labute approximate surface area is 94.3 Å². The van der Waals surface area contributed by atoms with E-state index in [0.29, 0.717) is 5.92 Å². The molecule has 0 N–H and O–H groups in total. The van der Waals surface area contributed by atoms with E-state index in [2.05, 4.69) is 13.8 Å². The van der Waals surface area contributed by atoms with Crippen LogP contribution in [0.4, 0.5) is 0 Å². The second kappa shape index (κ2) is 8.12. The van der Waals surface area contributed by atoms with Crippen molar-refractivity contribution >= 4 is 0 Å². The summed E-state index contributed by atoms with van der Waals surface area (Å²) >= 11 is 0. The Morgan fingerprint density at radius 2 is 2.13 bits per heavy atom. The first-order valence-electron chi connectivity index (χ1n) is 6.39. The molecule has 89 valence electrons. The normalized spacial score (nSPS) is 26.8. The molecule has 2 heteroatoms. The van der Waals surface area contributed by atoms with Crippen molar-refractivity contribution in [3.63, 3.8) is 0 Å². The monoisotopic (exact) mass is 213 g/mol. The molecule has 1 aliphatic rings. The molecule has 2 atom stereocenters. The van der Waals surface area contributed by atoms with Crippen molar-refractivity contribution in [3.05, 3.63) is 6.92 Å². The van der Waals surface area contributed by atoms with Crippen molar-refractivity contribution in [3.8, 4) is 0 Å². The maximum atomic E-state index is 5.68. The maximum Gasteiger partial charge on any atom is 0.157 e. The van der Waals surface area contributed by atoms with Crippen LogP contribution in [0.15, 0.2) is 0 Å². The average Bonchev–Trinajstić information content (AvgIpc) is 2.30. The highest BCUT2D eigenvalue weighted by atomic mass is 16.7. The lowest BCUT2D eigenvalue weighted by Crippen LogP contribution is -2.28. The van der Waals surface area contributed by atoms with E-state index < -0.39 is 0 Å². The molecule has 2 unspecified atom stereocenters. The summed E-state index contributed by atoms with van der Waals surface area (Å²) < 4.78 is 11.3. The van der Waals surface area contributed by atoms with Crippen molar-refractivity contribution in [2.24, 2.45) is 5.92 Å². The molecule has 1 saturated heterocycles. The highest BCUT2D eigenvalue weighted by Gasteiger charge is 2.20. The Kier molecular flexibility index (Phi) is 7.03. The molecular weight excluding hydrogens is 188 g/mol. The predicted octanol–water partition coefficient (Wildman–Crippen LogP) is 3.56. The Bertz CT molecular complexity index is 139. The average molecular weight is 213 g/mol. The molecule has 15 heavy (non-hydrogen) atoms. The fourth-order valence-corrected chi connectivity index (χ4v) is 1.88. The van der Waals surface area contributed by atoms with Gasteiger partial charge in [-0.25, -0.2) is 0 Å². The highest BCUT2D eigenvalue weighted by Crippen LogP contribution is 2.21. The quantitative estimate of drug-likeness (QED) is 0.602. The highest BCUT2D eigenvalue weighted by molar-refractivity contribution is 4.66. The molecule has 1 radical (unpaired) electrons. The van der Waals surface area contributed by atoms with Gasteiger partial charge < -0.3 is 9.47 Å². The van der Waals surface area contributed by atoms with Crippen LogP contribution in [0.2, 0.25) is 0 Å². The predicted molar refractivity (Wildman–Crippen MR) is 62.5 cm³/mol. The van der Waals surface area contributed by atoms with Gasteiger partial charge in [-0.2, -0.15) is 0 Å². The van der Waals surface area contributed by atoms with E-state index in [9.17, 15) is 0 Å². The first-order valence-corrected chi connectivity index (χ1v) is 6.39. The third-order valence-corrected chi connectivity index (χ3v) is 3.04. The molecule has 1 rings (SSSR count). The number of unbranched alkanes of at least 4 members (excludes halogenated alkanes) is 3. The van der Waals surface area contributed by atoms with E-state index in [0.717, 1.165) is 26.1 Å². The van der Waals surface area contributed by atoms with E-state index in [-0.39, 0.29) is 6.29 Å². The lowest BCUT2D eigenvalue weighted by molar-refractivity contribution is -0.175. The summed E-state index contributed by atoms with van der Waals surface area (Å²) in [6, 6.07) is 0. The van der Waals surface area contributed by atoms with Crippen LogP contribution in [-0.4, -0.2) is 19.5 Å². The molecule has 0 aliphatic carbocycles. The molecule has 0 bridgehead atoms. The van der Waals surface area contributed by atoms with Gasteiger partial charge in [-0.05, 0) is 31.6 Å². The van der Waals surface area contributed by atoms with Gasteiger partial charge >= 0.3 is 0 Å². The minimum atomic E-state index is 0.0643. The van der Waals surface area contributed by atoms with Gasteiger partial charge in [0.25, 0.3) is 0 Å². The first kappa shape index (κ1) is 13.0. The summed E-state index contributed by atoms with van der Waals surface area (Å²) in [5, 5.41) is 0. The summed E-state index contributed by atoms with van der Waals surface area (Å²) in [6.07, 6.45) is 8.37. The van der Waals surface area contributed by atoms with Crippen molar-refractivity contribution < 1.29 is 9.47 Å². The molecule has 0 aromatic heterocycles. The van der Waals surface area contributed by atoms with Gasteiger partial charge in [0.05, 0.1) is 6.61 Å². The van der Waals surface area contributed by atoms with E-state index >= 15 is 0 Å². The van der Waals surface area contributed by atoms with Crippen molar-refractivity contribution in [2.75, 3.05) is 13.2 Å². The first-order chi connectivity index (χ1) is 7.36. The number of rotatable bonds is 7. The van der Waals surface area contributed by atoms with Crippen LogP contribution in [0.5, 0.6) is 0 Å². The molecular formula is C13H25O2. The minimum absolute atomic E-state index is 0.0643. The minimum Gasteiger partial charge on any atom is -0.353 e. The van der Waals surface area contributed by atoms with E-state index in [4.69, 9.17) is 9.47 Å². The Hall–Kier alpha value is -0.0800.